The molecule has 3 rings (SSSR count). The molecule has 1 amide bonds. The third kappa shape index (κ3) is 2.55. The number of fused-ring (bicyclic) bond motifs is 1. The first-order valence-corrected chi connectivity index (χ1v) is 6.92. The van der Waals surface area contributed by atoms with Crippen molar-refractivity contribution in [2.24, 2.45) is 0 Å². The Morgan fingerprint density at radius 1 is 1.00 bits per heavy atom. The lowest BCUT2D eigenvalue weighted by Crippen LogP contribution is -2.12. The van der Waals surface area contributed by atoms with Crippen LogP contribution < -0.4 is 5.32 Å². The highest BCUT2D eigenvalue weighted by Gasteiger charge is 2.14. The first-order valence-electron chi connectivity index (χ1n) is 6.92. The maximum Gasteiger partial charge on any atom is 0.291 e. The molecule has 0 spiro atoms. The van der Waals surface area contributed by atoms with Crippen molar-refractivity contribution in [1.82, 2.24) is 0 Å². The molecule has 0 atom stereocenters. The van der Waals surface area contributed by atoms with Crippen molar-refractivity contribution in [2.45, 2.75) is 20.8 Å². The van der Waals surface area contributed by atoms with Gasteiger partial charge in [-0.3, -0.25) is 4.79 Å². The number of hydrogen-bond acceptors (Lipinski definition) is 2. The lowest BCUT2D eigenvalue weighted by atomic mass is 10.1. The SMILES string of the molecule is Cc1ccc2cc(C(=O)Nc3c(C)cccc3C)oc2c1. The van der Waals surface area contributed by atoms with Gasteiger partial charge in [0.05, 0.1) is 0 Å². The van der Waals surface area contributed by atoms with Crippen LogP contribution in [-0.2, 0) is 0 Å². The summed E-state index contributed by atoms with van der Waals surface area (Å²) in [5, 5.41) is 3.87. The molecule has 2 aromatic carbocycles. The zero-order chi connectivity index (χ0) is 15.0. The summed E-state index contributed by atoms with van der Waals surface area (Å²) in [5.74, 6) is 0.111. The minimum atomic E-state index is -0.221. The van der Waals surface area contributed by atoms with Gasteiger partial charge >= 0.3 is 0 Å². The van der Waals surface area contributed by atoms with Crippen molar-refractivity contribution >= 4 is 22.6 Å². The van der Waals surface area contributed by atoms with Crippen molar-refractivity contribution < 1.29 is 9.21 Å². The van der Waals surface area contributed by atoms with E-state index in [1.165, 1.54) is 0 Å². The molecular formula is C18H17NO2. The molecule has 3 nitrogen and oxygen atoms in total. The number of furan rings is 1. The number of anilines is 1. The monoisotopic (exact) mass is 279 g/mol. The highest BCUT2D eigenvalue weighted by Crippen LogP contribution is 2.24. The van der Waals surface area contributed by atoms with Crippen molar-refractivity contribution in [3.05, 3.63) is 64.9 Å². The van der Waals surface area contributed by atoms with Gasteiger partial charge in [-0.15, -0.1) is 0 Å². The van der Waals surface area contributed by atoms with Gasteiger partial charge in [-0.1, -0.05) is 30.3 Å². The van der Waals surface area contributed by atoms with E-state index in [1.807, 2.05) is 57.2 Å². The lowest BCUT2D eigenvalue weighted by molar-refractivity contribution is 0.0998. The second kappa shape index (κ2) is 5.09. The van der Waals surface area contributed by atoms with Crippen LogP contribution in [0.4, 0.5) is 5.69 Å². The van der Waals surface area contributed by atoms with Crippen LogP contribution in [0.1, 0.15) is 27.2 Å². The molecule has 1 aromatic heterocycles. The Morgan fingerprint density at radius 3 is 2.43 bits per heavy atom. The smallest absolute Gasteiger partial charge is 0.291 e. The summed E-state index contributed by atoms with van der Waals surface area (Å²) >= 11 is 0. The van der Waals surface area contributed by atoms with Crippen LogP contribution in [0.5, 0.6) is 0 Å². The fourth-order valence-electron chi connectivity index (χ4n) is 2.44. The molecule has 1 N–H and O–H groups in total. The third-order valence-corrected chi connectivity index (χ3v) is 3.62. The summed E-state index contributed by atoms with van der Waals surface area (Å²) in [6.07, 6.45) is 0. The van der Waals surface area contributed by atoms with Crippen LogP contribution in [0.3, 0.4) is 0 Å². The molecule has 0 fully saturated rings. The Balaban J connectivity index is 1.94. The van der Waals surface area contributed by atoms with Gasteiger partial charge in [-0.25, -0.2) is 0 Å². The van der Waals surface area contributed by atoms with Gasteiger partial charge in [0.15, 0.2) is 5.76 Å². The number of amides is 1. The summed E-state index contributed by atoms with van der Waals surface area (Å²) in [6.45, 7) is 5.95. The molecule has 0 saturated heterocycles. The number of aryl methyl sites for hydroxylation is 3. The molecule has 106 valence electrons. The van der Waals surface area contributed by atoms with Crippen molar-refractivity contribution in [3.63, 3.8) is 0 Å². The van der Waals surface area contributed by atoms with E-state index in [2.05, 4.69) is 5.32 Å². The molecular weight excluding hydrogens is 262 g/mol. The second-order valence-corrected chi connectivity index (χ2v) is 5.37. The van der Waals surface area contributed by atoms with Crippen LogP contribution in [-0.4, -0.2) is 5.91 Å². The average molecular weight is 279 g/mol. The van der Waals surface area contributed by atoms with Gasteiger partial charge in [-0.05, 0) is 49.6 Å². The third-order valence-electron chi connectivity index (χ3n) is 3.62. The first kappa shape index (κ1) is 13.4. The molecule has 0 radical (unpaired) electrons. The van der Waals surface area contributed by atoms with E-state index >= 15 is 0 Å². The van der Waals surface area contributed by atoms with Gasteiger partial charge < -0.3 is 9.73 Å². The van der Waals surface area contributed by atoms with E-state index in [1.54, 1.807) is 6.07 Å². The maximum absolute atomic E-state index is 12.4. The molecule has 0 bridgehead atoms. The fraction of sp³-hybridized carbons (Fsp3) is 0.167. The van der Waals surface area contributed by atoms with Crippen molar-refractivity contribution in [1.29, 1.82) is 0 Å². The minimum absolute atomic E-state index is 0.221. The maximum atomic E-state index is 12.4. The van der Waals surface area contributed by atoms with Crippen molar-refractivity contribution in [2.75, 3.05) is 5.32 Å². The number of nitrogens with one attached hydrogen (secondary N) is 1. The molecule has 0 unspecified atom stereocenters. The Morgan fingerprint density at radius 2 is 1.71 bits per heavy atom. The largest absolute Gasteiger partial charge is 0.451 e. The summed E-state index contributed by atoms with van der Waals surface area (Å²) in [4.78, 5) is 12.4. The minimum Gasteiger partial charge on any atom is -0.451 e. The summed E-state index contributed by atoms with van der Waals surface area (Å²) < 4.78 is 5.65. The Bertz CT molecular complexity index is 810. The summed E-state index contributed by atoms with van der Waals surface area (Å²) in [5.41, 5.74) is 4.77. The number of hydrogen-bond donors (Lipinski definition) is 1. The zero-order valence-corrected chi connectivity index (χ0v) is 12.4. The van der Waals surface area contributed by atoms with Crippen LogP contribution in [0.15, 0.2) is 46.9 Å². The average Bonchev–Trinajstić information content (AvgIpc) is 2.86. The molecule has 0 saturated carbocycles. The van der Waals surface area contributed by atoms with Crippen molar-refractivity contribution in [3.8, 4) is 0 Å². The van der Waals surface area contributed by atoms with Crippen LogP contribution in [0.25, 0.3) is 11.0 Å². The highest BCUT2D eigenvalue weighted by molar-refractivity contribution is 6.05. The van der Waals surface area contributed by atoms with E-state index in [0.29, 0.717) is 5.76 Å². The van der Waals surface area contributed by atoms with E-state index in [9.17, 15) is 4.79 Å². The van der Waals surface area contributed by atoms with Crippen LogP contribution in [0.2, 0.25) is 0 Å². The molecule has 0 aliphatic carbocycles. The second-order valence-electron chi connectivity index (χ2n) is 5.37. The molecule has 3 aromatic rings. The number of para-hydroxylation sites is 1. The summed E-state index contributed by atoms with van der Waals surface area (Å²) in [6, 6.07) is 13.6. The highest BCUT2D eigenvalue weighted by atomic mass is 16.3. The predicted molar refractivity (Wildman–Crippen MR) is 84.8 cm³/mol. The topological polar surface area (TPSA) is 42.2 Å². The Kier molecular flexibility index (Phi) is 3.26. The number of rotatable bonds is 2. The van der Waals surface area contributed by atoms with E-state index < -0.39 is 0 Å². The predicted octanol–water partition coefficient (Wildman–Crippen LogP) is 4.61. The molecule has 0 aliphatic rings. The fourth-order valence-corrected chi connectivity index (χ4v) is 2.44. The van der Waals surface area contributed by atoms with Crippen LogP contribution in [0, 0.1) is 20.8 Å². The quantitative estimate of drug-likeness (QED) is 0.744. The number of benzene rings is 2. The van der Waals surface area contributed by atoms with E-state index in [0.717, 1.165) is 33.3 Å². The molecule has 3 heteroatoms. The van der Waals surface area contributed by atoms with E-state index in [-0.39, 0.29) is 5.91 Å². The van der Waals surface area contributed by atoms with Gasteiger partial charge in [0.25, 0.3) is 5.91 Å². The molecule has 21 heavy (non-hydrogen) atoms. The summed E-state index contributed by atoms with van der Waals surface area (Å²) in [7, 11) is 0. The Labute approximate surface area is 123 Å². The molecule has 1 heterocycles. The first-order chi connectivity index (χ1) is 10.0. The number of carbonyl (C=O) groups is 1. The Hall–Kier alpha value is -2.55. The molecule has 0 aliphatic heterocycles. The standard InChI is InChI=1S/C18H17NO2/c1-11-7-8-14-10-16(21-15(14)9-11)18(20)19-17-12(2)5-4-6-13(17)3/h4-10H,1-3H3,(H,19,20). The number of carbonyl (C=O) groups excluding carboxylic acids is 1. The lowest BCUT2D eigenvalue weighted by Gasteiger charge is -2.09. The van der Waals surface area contributed by atoms with Gasteiger partial charge in [0, 0.05) is 11.1 Å². The van der Waals surface area contributed by atoms with Crippen LogP contribution >= 0.6 is 0 Å². The zero-order valence-electron chi connectivity index (χ0n) is 12.4. The van der Waals surface area contributed by atoms with Gasteiger partial charge in [-0.2, -0.15) is 0 Å². The van der Waals surface area contributed by atoms with Gasteiger partial charge in [0.2, 0.25) is 0 Å². The van der Waals surface area contributed by atoms with Gasteiger partial charge in [0.1, 0.15) is 5.58 Å². The van der Waals surface area contributed by atoms with E-state index in [4.69, 9.17) is 4.42 Å². The normalized spacial score (nSPS) is 10.8.